The first-order valence-corrected chi connectivity index (χ1v) is 11.1. The fourth-order valence-corrected chi connectivity index (χ4v) is 5.08. The first kappa shape index (κ1) is 20.4. The molecule has 1 saturated heterocycles. The van der Waals surface area contributed by atoms with Crippen molar-refractivity contribution in [3.05, 3.63) is 100 Å². The number of aromatic nitrogens is 1. The van der Waals surface area contributed by atoms with Crippen LogP contribution in [0.4, 0.5) is 5.13 Å². The molecule has 0 spiro atoms. The van der Waals surface area contributed by atoms with Gasteiger partial charge in [0.25, 0.3) is 5.78 Å². The maximum absolute atomic E-state index is 13.2. The van der Waals surface area contributed by atoms with Crippen LogP contribution >= 0.6 is 22.9 Å². The van der Waals surface area contributed by atoms with Crippen LogP contribution in [0.1, 0.15) is 22.7 Å². The molecule has 1 N–H and O–H groups in total. The molecular weight excluding hydrogens is 444 g/mol. The normalized spacial score (nSPS) is 17.9. The number of para-hydroxylation sites is 1. The van der Waals surface area contributed by atoms with Crippen molar-refractivity contribution in [3.63, 3.8) is 0 Å². The van der Waals surface area contributed by atoms with Gasteiger partial charge in [-0.05, 0) is 30.7 Å². The van der Waals surface area contributed by atoms with E-state index in [1.54, 1.807) is 36.4 Å². The van der Waals surface area contributed by atoms with Crippen molar-refractivity contribution >= 4 is 55.7 Å². The fourth-order valence-electron chi connectivity index (χ4n) is 3.85. The first-order chi connectivity index (χ1) is 15.5. The number of amides is 1. The lowest BCUT2D eigenvalue weighted by atomic mass is 9.95. The van der Waals surface area contributed by atoms with Crippen molar-refractivity contribution in [1.29, 1.82) is 0 Å². The van der Waals surface area contributed by atoms with Crippen LogP contribution in [-0.2, 0) is 9.59 Å². The average Bonchev–Trinajstić information content (AvgIpc) is 3.33. The second kappa shape index (κ2) is 7.89. The molecule has 4 aromatic rings. The number of hydrogen-bond donors (Lipinski definition) is 1. The number of aliphatic hydroxyl groups is 1. The number of aliphatic hydroxyl groups excluding tert-OH is 1. The van der Waals surface area contributed by atoms with Gasteiger partial charge in [-0.2, -0.15) is 0 Å². The Kier molecular flexibility index (Phi) is 5.04. The van der Waals surface area contributed by atoms with Gasteiger partial charge in [-0.25, -0.2) is 4.98 Å². The van der Waals surface area contributed by atoms with Gasteiger partial charge in [0, 0.05) is 10.6 Å². The highest BCUT2D eigenvalue weighted by Gasteiger charge is 2.48. The lowest BCUT2D eigenvalue weighted by Crippen LogP contribution is -2.29. The van der Waals surface area contributed by atoms with E-state index in [9.17, 15) is 14.7 Å². The molecule has 7 heteroatoms. The summed E-state index contributed by atoms with van der Waals surface area (Å²) in [5.74, 6) is -1.76. The minimum Gasteiger partial charge on any atom is -0.507 e. The van der Waals surface area contributed by atoms with Gasteiger partial charge in [0.2, 0.25) is 0 Å². The highest BCUT2D eigenvalue weighted by atomic mass is 35.5. The third kappa shape index (κ3) is 3.28. The summed E-state index contributed by atoms with van der Waals surface area (Å²) in [5.41, 5.74) is 2.73. The largest absolute Gasteiger partial charge is 0.507 e. The van der Waals surface area contributed by atoms with Crippen LogP contribution in [0.25, 0.3) is 16.0 Å². The van der Waals surface area contributed by atoms with Crippen LogP contribution in [0.5, 0.6) is 0 Å². The fraction of sp³-hybridized carbons (Fsp3) is 0.0800. The van der Waals surface area contributed by atoms with Crippen molar-refractivity contribution in [2.24, 2.45) is 0 Å². The molecule has 3 aromatic carbocycles. The number of carbonyl (C=O) groups excluding carboxylic acids is 2. The second-order valence-electron chi connectivity index (χ2n) is 7.52. The van der Waals surface area contributed by atoms with Crippen molar-refractivity contribution in [2.75, 3.05) is 4.90 Å². The Labute approximate surface area is 193 Å². The number of nitrogens with zero attached hydrogens (tertiary/aromatic N) is 2. The Hall–Kier alpha value is -3.48. The van der Waals surface area contributed by atoms with Crippen LogP contribution in [0.15, 0.2) is 78.4 Å². The molecule has 0 radical (unpaired) electrons. The van der Waals surface area contributed by atoms with Crippen LogP contribution < -0.4 is 4.90 Å². The van der Waals surface area contributed by atoms with E-state index in [0.29, 0.717) is 21.3 Å². The van der Waals surface area contributed by atoms with Gasteiger partial charge in [-0.3, -0.25) is 14.5 Å². The summed E-state index contributed by atoms with van der Waals surface area (Å²) in [4.78, 5) is 32.4. The summed E-state index contributed by atoms with van der Waals surface area (Å²) in [6.45, 7) is 1.93. The number of halogens is 1. The molecule has 1 atom stereocenters. The molecule has 1 fully saturated rings. The number of hydrogen-bond acceptors (Lipinski definition) is 5. The number of aryl methyl sites for hydroxylation is 1. The molecule has 5 nitrogen and oxygen atoms in total. The van der Waals surface area contributed by atoms with Crippen molar-refractivity contribution in [1.82, 2.24) is 4.98 Å². The smallest absolute Gasteiger partial charge is 0.301 e. The van der Waals surface area contributed by atoms with E-state index in [4.69, 9.17) is 11.6 Å². The number of thiazole rings is 1. The predicted molar refractivity (Wildman–Crippen MR) is 127 cm³/mol. The van der Waals surface area contributed by atoms with Crippen molar-refractivity contribution in [3.8, 4) is 0 Å². The number of ketones is 1. The number of fused-ring (bicyclic) bond motifs is 1. The standard InChI is InChI=1S/C25H17ClN2O3S/c1-14-10-12-15(13-11-14)22(29)20-21(16-6-2-3-7-17(16)26)28(24(31)23(20)30)25-27-18-8-4-5-9-19(18)32-25/h2-13,21,29H,1H3/b22-20-. The number of Topliss-reactive ketones (excluding diaryl/α,β-unsaturated/α-hetero) is 1. The molecule has 32 heavy (non-hydrogen) atoms. The third-order valence-electron chi connectivity index (χ3n) is 5.46. The van der Waals surface area contributed by atoms with Crippen LogP contribution in [0.3, 0.4) is 0 Å². The van der Waals surface area contributed by atoms with Gasteiger partial charge in [0.1, 0.15) is 5.76 Å². The molecule has 1 aliphatic rings. The predicted octanol–water partition coefficient (Wildman–Crippen LogP) is 5.88. The highest BCUT2D eigenvalue weighted by Crippen LogP contribution is 2.45. The zero-order valence-electron chi connectivity index (χ0n) is 16.9. The molecule has 0 saturated carbocycles. The Bertz CT molecular complexity index is 1380. The molecule has 1 unspecified atom stereocenters. The molecule has 5 rings (SSSR count). The summed E-state index contributed by atoms with van der Waals surface area (Å²) in [6.07, 6.45) is 0. The summed E-state index contributed by atoms with van der Waals surface area (Å²) in [5, 5.41) is 11.9. The van der Waals surface area contributed by atoms with E-state index in [-0.39, 0.29) is 11.3 Å². The third-order valence-corrected chi connectivity index (χ3v) is 6.84. The summed E-state index contributed by atoms with van der Waals surface area (Å²) in [6, 6.07) is 20.7. The first-order valence-electron chi connectivity index (χ1n) is 9.94. The molecule has 158 valence electrons. The quantitative estimate of drug-likeness (QED) is 0.235. The van der Waals surface area contributed by atoms with Gasteiger partial charge in [-0.15, -0.1) is 0 Å². The van der Waals surface area contributed by atoms with Crippen LogP contribution in [0.2, 0.25) is 5.02 Å². The second-order valence-corrected chi connectivity index (χ2v) is 8.94. The minimum atomic E-state index is -0.898. The maximum Gasteiger partial charge on any atom is 0.301 e. The van der Waals surface area contributed by atoms with E-state index >= 15 is 0 Å². The minimum absolute atomic E-state index is 0.00814. The number of rotatable bonds is 3. The Morgan fingerprint density at radius 2 is 1.69 bits per heavy atom. The topological polar surface area (TPSA) is 70.5 Å². The maximum atomic E-state index is 13.2. The number of carbonyl (C=O) groups is 2. The molecule has 0 aliphatic carbocycles. The highest BCUT2D eigenvalue weighted by molar-refractivity contribution is 7.22. The Balaban J connectivity index is 1.75. The van der Waals surface area contributed by atoms with E-state index in [2.05, 4.69) is 4.98 Å². The van der Waals surface area contributed by atoms with Crippen molar-refractivity contribution < 1.29 is 14.7 Å². The molecule has 1 aliphatic heterocycles. The lowest BCUT2D eigenvalue weighted by Gasteiger charge is -2.23. The van der Waals surface area contributed by atoms with Gasteiger partial charge in [0.15, 0.2) is 5.13 Å². The van der Waals surface area contributed by atoms with E-state index in [1.165, 1.54) is 16.2 Å². The van der Waals surface area contributed by atoms with Crippen LogP contribution in [-0.4, -0.2) is 21.8 Å². The lowest BCUT2D eigenvalue weighted by molar-refractivity contribution is -0.132. The van der Waals surface area contributed by atoms with E-state index < -0.39 is 17.7 Å². The van der Waals surface area contributed by atoms with Gasteiger partial charge >= 0.3 is 5.91 Å². The van der Waals surface area contributed by atoms with Gasteiger partial charge in [0.05, 0.1) is 21.8 Å². The molecule has 1 amide bonds. The zero-order valence-corrected chi connectivity index (χ0v) is 18.5. The van der Waals surface area contributed by atoms with Gasteiger partial charge in [-0.1, -0.05) is 83.1 Å². The van der Waals surface area contributed by atoms with Gasteiger partial charge < -0.3 is 5.11 Å². The number of anilines is 1. The summed E-state index contributed by atoms with van der Waals surface area (Å²) < 4.78 is 0.890. The molecular formula is C25H17ClN2O3S. The summed E-state index contributed by atoms with van der Waals surface area (Å²) in [7, 11) is 0. The summed E-state index contributed by atoms with van der Waals surface area (Å²) >= 11 is 7.81. The average molecular weight is 461 g/mol. The SMILES string of the molecule is Cc1ccc(/C(O)=C2/C(=O)C(=O)N(c3nc4ccccc4s3)C2c2ccccc2Cl)cc1. The van der Waals surface area contributed by atoms with E-state index in [1.807, 2.05) is 43.3 Å². The number of benzene rings is 3. The molecule has 2 heterocycles. The Morgan fingerprint density at radius 1 is 1.00 bits per heavy atom. The van der Waals surface area contributed by atoms with Crippen LogP contribution in [0, 0.1) is 6.92 Å². The van der Waals surface area contributed by atoms with Crippen molar-refractivity contribution in [2.45, 2.75) is 13.0 Å². The van der Waals surface area contributed by atoms with E-state index in [0.717, 1.165) is 15.8 Å². The molecule has 1 aromatic heterocycles. The Morgan fingerprint density at radius 3 is 2.41 bits per heavy atom. The zero-order chi connectivity index (χ0) is 22.4. The monoisotopic (exact) mass is 460 g/mol. The molecule has 0 bridgehead atoms.